The maximum Gasteiger partial charge on any atom is 0.0259 e. The highest BCUT2D eigenvalue weighted by Gasteiger charge is 2.08. The molecule has 16 heavy (non-hydrogen) atoms. The summed E-state index contributed by atoms with van der Waals surface area (Å²) in [4.78, 5) is 5.66. The van der Waals surface area contributed by atoms with E-state index in [4.69, 9.17) is 4.94 Å². The number of rotatable bonds is 10. The zero-order valence-corrected chi connectivity index (χ0v) is 11.8. The van der Waals surface area contributed by atoms with Gasteiger partial charge in [-0.2, -0.15) is 10.1 Å². The summed E-state index contributed by atoms with van der Waals surface area (Å²) in [5, 5.41) is 3.88. The Hall–Kier alpha value is -0.120. The van der Waals surface area contributed by atoms with Gasteiger partial charge in [0.25, 0.3) is 0 Å². The van der Waals surface area contributed by atoms with Crippen molar-refractivity contribution in [2.45, 2.75) is 52.9 Å². The topological polar surface area (TPSA) is 15.7 Å². The van der Waals surface area contributed by atoms with Crippen molar-refractivity contribution in [1.29, 1.82) is 0 Å². The molecule has 98 valence electrons. The normalized spacial score (nSPS) is 12.0. The molecule has 0 aliphatic heterocycles. The van der Waals surface area contributed by atoms with E-state index in [1.165, 1.54) is 32.1 Å². The molecule has 0 spiro atoms. The lowest BCUT2D eigenvalue weighted by Crippen LogP contribution is -2.32. The van der Waals surface area contributed by atoms with E-state index in [1.54, 1.807) is 0 Å². The van der Waals surface area contributed by atoms with Crippen molar-refractivity contribution in [3.63, 3.8) is 0 Å². The molecule has 3 heteroatoms. The maximum absolute atomic E-state index is 5.66. The summed E-state index contributed by atoms with van der Waals surface area (Å²) in [7, 11) is 4.02. The number of hydroxylamine groups is 4. The molecule has 0 unspecified atom stereocenters. The molecule has 0 heterocycles. The average molecular weight is 230 g/mol. The van der Waals surface area contributed by atoms with E-state index in [-0.39, 0.29) is 0 Å². The fourth-order valence-corrected chi connectivity index (χ4v) is 1.76. The Morgan fingerprint density at radius 3 is 2.00 bits per heavy atom. The minimum atomic E-state index is 0.840. The second-order valence-electron chi connectivity index (χ2n) is 4.61. The van der Waals surface area contributed by atoms with Gasteiger partial charge >= 0.3 is 0 Å². The fourth-order valence-electron chi connectivity index (χ4n) is 1.76. The van der Waals surface area contributed by atoms with Gasteiger partial charge in [0, 0.05) is 27.2 Å². The van der Waals surface area contributed by atoms with Crippen LogP contribution in [0.3, 0.4) is 0 Å². The summed E-state index contributed by atoms with van der Waals surface area (Å²) in [5.41, 5.74) is 0. The number of hydrogen-bond donors (Lipinski definition) is 0. The summed E-state index contributed by atoms with van der Waals surface area (Å²) in [6, 6.07) is 0. The van der Waals surface area contributed by atoms with Crippen LogP contribution in [0, 0.1) is 5.92 Å². The van der Waals surface area contributed by atoms with Crippen molar-refractivity contribution in [1.82, 2.24) is 10.1 Å². The quantitative estimate of drug-likeness (QED) is 0.535. The predicted octanol–water partition coefficient (Wildman–Crippen LogP) is 3.32. The van der Waals surface area contributed by atoms with Gasteiger partial charge in [-0.25, -0.2) is 4.94 Å². The molecule has 0 rings (SSSR count). The fraction of sp³-hybridized carbons (Fsp3) is 1.00. The highest BCUT2D eigenvalue weighted by Crippen LogP contribution is 2.12. The van der Waals surface area contributed by atoms with Crippen molar-refractivity contribution >= 4 is 0 Å². The lowest BCUT2D eigenvalue weighted by molar-refractivity contribution is -0.305. The third-order valence-corrected chi connectivity index (χ3v) is 3.11. The Labute approximate surface area is 102 Å². The Kier molecular flexibility index (Phi) is 9.99. The number of nitrogens with zero attached hydrogens (tertiary/aromatic N) is 2. The van der Waals surface area contributed by atoms with Crippen LogP contribution in [0.25, 0.3) is 0 Å². The molecule has 0 aromatic heterocycles. The van der Waals surface area contributed by atoms with Crippen LogP contribution < -0.4 is 0 Å². The van der Waals surface area contributed by atoms with E-state index in [9.17, 15) is 0 Å². The Morgan fingerprint density at radius 1 is 0.938 bits per heavy atom. The summed E-state index contributed by atoms with van der Waals surface area (Å²) < 4.78 is 0. The minimum Gasteiger partial charge on any atom is -0.209 e. The summed E-state index contributed by atoms with van der Waals surface area (Å²) in [6.07, 6.45) is 6.18. The van der Waals surface area contributed by atoms with Crippen LogP contribution in [0.1, 0.15) is 52.9 Å². The molecule has 0 bridgehead atoms. The first-order valence-corrected chi connectivity index (χ1v) is 6.74. The summed E-state index contributed by atoms with van der Waals surface area (Å²) in [6.45, 7) is 8.75. The van der Waals surface area contributed by atoms with E-state index in [0.29, 0.717) is 0 Å². The van der Waals surface area contributed by atoms with Gasteiger partial charge in [-0.05, 0) is 18.8 Å². The van der Waals surface area contributed by atoms with E-state index in [2.05, 4.69) is 20.8 Å². The van der Waals surface area contributed by atoms with Crippen LogP contribution in [-0.2, 0) is 4.94 Å². The molecule has 0 aromatic carbocycles. The first-order valence-electron chi connectivity index (χ1n) is 6.74. The van der Waals surface area contributed by atoms with Crippen molar-refractivity contribution in [2.24, 2.45) is 5.92 Å². The third-order valence-electron chi connectivity index (χ3n) is 3.11. The number of unbranched alkanes of at least 4 members (excludes halogenated alkanes) is 1. The third kappa shape index (κ3) is 8.08. The molecule has 0 amide bonds. The molecule has 0 aromatic rings. The van der Waals surface area contributed by atoms with Gasteiger partial charge in [-0.1, -0.05) is 40.0 Å². The lowest BCUT2D eigenvalue weighted by Gasteiger charge is -2.24. The standard InChI is InChI=1S/C13H30N2O/c1-6-9-11-14(4)16-15(5)12-10-13(7-2)8-3/h13H,6-12H2,1-5H3. The molecular formula is C13H30N2O. The van der Waals surface area contributed by atoms with Crippen molar-refractivity contribution in [3.05, 3.63) is 0 Å². The monoisotopic (exact) mass is 230 g/mol. The summed E-state index contributed by atoms with van der Waals surface area (Å²) in [5.74, 6) is 0.840. The molecule has 3 nitrogen and oxygen atoms in total. The van der Waals surface area contributed by atoms with Gasteiger partial charge in [0.05, 0.1) is 0 Å². The Morgan fingerprint density at radius 2 is 1.50 bits per heavy atom. The molecule has 0 fully saturated rings. The van der Waals surface area contributed by atoms with Crippen LogP contribution in [0.15, 0.2) is 0 Å². The minimum absolute atomic E-state index is 0.840. The second kappa shape index (κ2) is 10.1. The molecule has 0 N–H and O–H groups in total. The number of hydrogen-bond acceptors (Lipinski definition) is 3. The van der Waals surface area contributed by atoms with E-state index in [1.807, 2.05) is 24.2 Å². The van der Waals surface area contributed by atoms with Gasteiger partial charge in [0.2, 0.25) is 0 Å². The smallest absolute Gasteiger partial charge is 0.0259 e. The van der Waals surface area contributed by atoms with Crippen LogP contribution in [0.5, 0.6) is 0 Å². The zero-order valence-electron chi connectivity index (χ0n) is 11.8. The highest BCUT2D eigenvalue weighted by atomic mass is 16.8. The van der Waals surface area contributed by atoms with Crippen LogP contribution in [0.4, 0.5) is 0 Å². The SMILES string of the molecule is CCCCN(C)ON(C)CCC(CC)CC. The molecule has 0 saturated carbocycles. The van der Waals surface area contributed by atoms with Gasteiger partial charge in [0.15, 0.2) is 0 Å². The average Bonchev–Trinajstić information content (AvgIpc) is 2.27. The van der Waals surface area contributed by atoms with Crippen molar-refractivity contribution in [2.75, 3.05) is 27.2 Å². The molecular weight excluding hydrogens is 200 g/mol. The van der Waals surface area contributed by atoms with E-state index in [0.717, 1.165) is 19.0 Å². The van der Waals surface area contributed by atoms with E-state index >= 15 is 0 Å². The molecule has 0 radical (unpaired) electrons. The van der Waals surface area contributed by atoms with Gasteiger partial charge < -0.3 is 0 Å². The highest BCUT2D eigenvalue weighted by molar-refractivity contribution is 4.55. The van der Waals surface area contributed by atoms with Crippen LogP contribution >= 0.6 is 0 Å². The maximum atomic E-state index is 5.66. The second-order valence-corrected chi connectivity index (χ2v) is 4.61. The Balaban J connectivity index is 3.59. The van der Waals surface area contributed by atoms with Crippen molar-refractivity contribution < 1.29 is 4.94 Å². The zero-order chi connectivity index (χ0) is 12.4. The van der Waals surface area contributed by atoms with Crippen molar-refractivity contribution in [3.8, 4) is 0 Å². The lowest BCUT2D eigenvalue weighted by atomic mass is 10.00. The molecule has 0 aliphatic rings. The van der Waals surface area contributed by atoms with Gasteiger partial charge in [0.1, 0.15) is 0 Å². The Bertz CT molecular complexity index is 149. The first-order chi connectivity index (χ1) is 7.63. The summed E-state index contributed by atoms with van der Waals surface area (Å²) >= 11 is 0. The molecule has 0 saturated heterocycles. The predicted molar refractivity (Wildman–Crippen MR) is 69.9 cm³/mol. The van der Waals surface area contributed by atoms with Gasteiger partial charge in [-0.15, -0.1) is 0 Å². The molecule has 0 atom stereocenters. The first kappa shape index (κ1) is 15.9. The van der Waals surface area contributed by atoms with Gasteiger partial charge in [-0.3, -0.25) is 0 Å². The van der Waals surface area contributed by atoms with Crippen LogP contribution in [-0.4, -0.2) is 37.3 Å². The van der Waals surface area contributed by atoms with E-state index < -0.39 is 0 Å². The largest absolute Gasteiger partial charge is 0.209 e. The molecule has 0 aliphatic carbocycles. The van der Waals surface area contributed by atoms with Crippen LogP contribution in [0.2, 0.25) is 0 Å².